The smallest absolute Gasteiger partial charge is 0.105 e. The lowest BCUT2D eigenvalue weighted by atomic mass is 9.94. The molecule has 2 unspecified atom stereocenters. The number of hydrogen-bond acceptors (Lipinski definition) is 3. The van der Waals surface area contributed by atoms with Crippen LogP contribution in [-0.2, 0) is 0 Å². The van der Waals surface area contributed by atoms with Gasteiger partial charge in [0.05, 0.1) is 6.07 Å². The summed E-state index contributed by atoms with van der Waals surface area (Å²) >= 11 is 0. The number of nitriles is 1. The minimum absolute atomic E-state index is 0.376. The van der Waals surface area contributed by atoms with Crippen LogP contribution in [0.2, 0.25) is 0 Å². The van der Waals surface area contributed by atoms with Crippen LogP contribution in [0.5, 0.6) is 0 Å². The normalized spacial score (nSPS) is 21.5. The van der Waals surface area contributed by atoms with Gasteiger partial charge in [0.25, 0.3) is 0 Å². The van der Waals surface area contributed by atoms with Crippen molar-refractivity contribution < 1.29 is 0 Å². The van der Waals surface area contributed by atoms with E-state index in [9.17, 15) is 5.26 Å². The zero-order valence-corrected chi connectivity index (χ0v) is 11.1. The maximum Gasteiger partial charge on any atom is 0.105 e. The highest BCUT2D eigenvalue weighted by molar-refractivity contribution is 5.05. The van der Waals surface area contributed by atoms with Crippen LogP contribution in [0.3, 0.4) is 0 Å². The average Bonchev–Trinajstić information content (AvgIpc) is 3.09. The van der Waals surface area contributed by atoms with E-state index in [1.807, 2.05) is 6.92 Å². The van der Waals surface area contributed by atoms with Gasteiger partial charge in [-0.15, -0.1) is 0 Å². The standard InChI is InChI=1S/C13H25N3/c1-5-8-15-13(3,10-14)9-11(2)16(4)12-6-7-12/h11-12,15H,5-9H2,1-4H3. The van der Waals surface area contributed by atoms with E-state index in [4.69, 9.17) is 0 Å². The zero-order chi connectivity index (χ0) is 12.2. The minimum Gasteiger partial charge on any atom is -0.301 e. The van der Waals surface area contributed by atoms with E-state index in [-0.39, 0.29) is 5.54 Å². The summed E-state index contributed by atoms with van der Waals surface area (Å²) in [4.78, 5) is 2.42. The van der Waals surface area contributed by atoms with E-state index in [1.54, 1.807) is 0 Å². The molecule has 3 nitrogen and oxygen atoms in total. The summed E-state index contributed by atoms with van der Waals surface area (Å²) in [7, 11) is 2.18. The maximum atomic E-state index is 9.27. The molecular weight excluding hydrogens is 198 g/mol. The Morgan fingerprint density at radius 3 is 2.62 bits per heavy atom. The Kier molecular flexibility index (Phi) is 4.76. The van der Waals surface area contributed by atoms with E-state index in [0.717, 1.165) is 25.4 Å². The first-order chi connectivity index (χ1) is 7.52. The van der Waals surface area contributed by atoms with E-state index >= 15 is 0 Å². The Hall–Kier alpha value is -0.590. The minimum atomic E-state index is -0.376. The molecule has 0 aromatic heterocycles. The lowest BCUT2D eigenvalue weighted by Gasteiger charge is -2.32. The van der Waals surface area contributed by atoms with Gasteiger partial charge in [-0.25, -0.2) is 0 Å². The molecule has 0 bridgehead atoms. The molecule has 0 aliphatic heterocycles. The molecule has 1 fully saturated rings. The fourth-order valence-corrected chi connectivity index (χ4v) is 2.13. The van der Waals surface area contributed by atoms with E-state index in [1.165, 1.54) is 12.8 Å². The molecule has 0 amide bonds. The topological polar surface area (TPSA) is 39.1 Å². The molecule has 2 atom stereocenters. The van der Waals surface area contributed by atoms with Crippen molar-refractivity contribution in [2.45, 2.75) is 64.1 Å². The highest BCUT2D eigenvalue weighted by Gasteiger charge is 2.33. The molecule has 1 N–H and O–H groups in total. The first-order valence-electron chi connectivity index (χ1n) is 6.40. The predicted octanol–water partition coefficient (Wildman–Crippen LogP) is 2.14. The lowest BCUT2D eigenvalue weighted by molar-refractivity contribution is 0.205. The van der Waals surface area contributed by atoms with Crippen LogP contribution in [0.4, 0.5) is 0 Å². The van der Waals surface area contributed by atoms with Gasteiger partial charge in [-0.3, -0.25) is 5.32 Å². The largest absolute Gasteiger partial charge is 0.301 e. The number of nitrogens with zero attached hydrogens (tertiary/aromatic N) is 2. The Morgan fingerprint density at radius 1 is 1.56 bits per heavy atom. The Morgan fingerprint density at radius 2 is 2.19 bits per heavy atom. The molecular formula is C13H25N3. The SMILES string of the molecule is CCCNC(C)(C#N)CC(C)N(C)C1CC1. The zero-order valence-electron chi connectivity index (χ0n) is 11.1. The van der Waals surface area contributed by atoms with Crippen molar-refractivity contribution in [1.82, 2.24) is 10.2 Å². The maximum absolute atomic E-state index is 9.27. The molecule has 0 heterocycles. The number of hydrogen-bond donors (Lipinski definition) is 1. The van der Waals surface area contributed by atoms with Crippen molar-refractivity contribution in [1.29, 1.82) is 5.26 Å². The molecule has 3 heteroatoms. The van der Waals surface area contributed by atoms with Crippen LogP contribution in [-0.4, -0.2) is 36.1 Å². The number of nitrogens with one attached hydrogen (secondary N) is 1. The van der Waals surface area contributed by atoms with Gasteiger partial charge in [-0.1, -0.05) is 6.92 Å². The second-order valence-corrected chi connectivity index (χ2v) is 5.32. The van der Waals surface area contributed by atoms with Gasteiger partial charge in [0, 0.05) is 12.1 Å². The third kappa shape index (κ3) is 3.77. The van der Waals surface area contributed by atoms with Gasteiger partial charge in [-0.05, 0) is 53.1 Å². The van der Waals surface area contributed by atoms with Crippen molar-refractivity contribution in [3.8, 4) is 6.07 Å². The third-order valence-corrected chi connectivity index (χ3v) is 3.53. The summed E-state index contributed by atoms with van der Waals surface area (Å²) in [6, 6.07) is 3.66. The van der Waals surface area contributed by atoms with Gasteiger partial charge in [0.15, 0.2) is 0 Å². The van der Waals surface area contributed by atoms with Gasteiger partial charge < -0.3 is 4.90 Å². The second kappa shape index (κ2) is 5.65. The molecule has 1 aliphatic rings. The summed E-state index contributed by atoms with van der Waals surface area (Å²) in [5, 5.41) is 12.6. The molecule has 1 rings (SSSR count). The van der Waals surface area contributed by atoms with Crippen LogP contribution in [0.1, 0.15) is 46.5 Å². The summed E-state index contributed by atoms with van der Waals surface area (Å²) in [6.07, 6.45) is 4.62. The van der Waals surface area contributed by atoms with Crippen LogP contribution in [0, 0.1) is 11.3 Å². The van der Waals surface area contributed by atoms with E-state index < -0.39 is 0 Å². The van der Waals surface area contributed by atoms with Crippen LogP contribution < -0.4 is 5.32 Å². The summed E-state index contributed by atoms with van der Waals surface area (Å²) in [5.41, 5.74) is -0.376. The van der Waals surface area contributed by atoms with E-state index in [2.05, 4.69) is 37.2 Å². The molecule has 1 saturated carbocycles. The molecule has 0 radical (unpaired) electrons. The monoisotopic (exact) mass is 223 g/mol. The predicted molar refractivity (Wildman–Crippen MR) is 67.2 cm³/mol. The Balaban J connectivity index is 2.44. The second-order valence-electron chi connectivity index (χ2n) is 5.32. The quantitative estimate of drug-likeness (QED) is 0.718. The van der Waals surface area contributed by atoms with E-state index in [0.29, 0.717) is 6.04 Å². The van der Waals surface area contributed by atoms with Gasteiger partial charge >= 0.3 is 0 Å². The molecule has 1 aliphatic carbocycles. The fourth-order valence-electron chi connectivity index (χ4n) is 2.13. The highest BCUT2D eigenvalue weighted by Crippen LogP contribution is 2.29. The average molecular weight is 223 g/mol. The van der Waals surface area contributed by atoms with Crippen LogP contribution >= 0.6 is 0 Å². The molecule has 0 saturated heterocycles. The summed E-state index contributed by atoms with van der Waals surface area (Å²) < 4.78 is 0. The fraction of sp³-hybridized carbons (Fsp3) is 0.923. The van der Waals surface area contributed by atoms with Gasteiger partial charge in [0.1, 0.15) is 5.54 Å². The third-order valence-electron chi connectivity index (χ3n) is 3.53. The van der Waals surface area contributed by atoms with Gasteiger partial charge in [0.2, 0.25) is 0 Å². The summed E-state index contributed by atoms with van der Waals surface area (Å²) in [5.74, 6) is 0. The molecule has 0 spiro atoms. The van der Waals surface area contributed by atoms with Gasteiger partial charge in [-0.2, -0.15) is 5.26 Å². The first kappa shape index (κ1) is 13.5. The Bertz CT molecular complexity index is 254. The first-order valence-corrected chi connectivity index (χ1v) is 6.40. The van der Waals surface area contributed by atoms with Crippen molar-refractivity contribution in [2.75, 3.05) is 13.6 Å². The van der Waals surface area contributed by atoms with Crippen molar-refractivity contribution in [2.24, 2.45) is 0 Å². The van der Waals surface area contributed by atoms with Crippen LogP contribution in [0.15, 0.2) is 0 Å². The number of rotatable bonds is 7. The van der Waals surface area contributed by atoms with Crippen molar-refractivity contribution >= 4 is 0 Å². The Labute approximate surface area is 99.8 Å². The molecule has 0 aromatic rings. The van der Waals surface area contributed by atoms with Crippen molar-refractivity contribution in [3.63, 3.8) is 0 Å². The van der Waals surface area contributed by atoms with Crippen LogP contribution in [0.25, 0.3) is 0 Å². The van der Waals surface area contributed by atoms with Crippen molar-refractivity contribution in [3.05, 3.63) is 0 Å². The summed E-state index contributed by atoms with van der Waals surface area (Å²) in [6.45, 7) is 7.29. The molecule has 0 aromatic carbocycles. The lowest BCUT2D eigenvalue weighted by Crippen LogP contribution is -2.47. The molecule has 92 valence electrons. The molecule has 16 heavy (non-hydrogen) atoms. The highest BCUT2D eigenvalue weighted by atomic mass is 15.2.